The van der Waals surface area contributed by atoms with Crippen LogP contribution in [0.5, 0.6) is 5.75 Å². The smallest absolute Gasteiger partial charge is 0.137 e. The van der Waals surface area contributed by atoms with Crippen molar-refractivity contribution < 1.29 is 4.74 Å². The lowest BCUT2D eigenvalue weighted by Crippen LogP contribution is -2.35. The van der Waals surface area contributed by atoms with E-state index < -0.39 is 0 Å². The first-order valence-corrected chi connectivity index (χ1v) is 7.87. The maximum Gasteiger partial charge on any atom is 0.137 e. The molecule has 1 aromatic rings. The minimum atomic E-state index is 0.180. The van der Waals surface area contributed by atoms with Crippen LogP contribution >= 0.6 is 11.6 Å². The van der Waals surface area contributed by atoms with Gasteiger partial charge in [-0.2, -0.15) is 0 Å². The summed E-state index contributed by atoms with van der Waals surface area (Å²) in [7, 11) is 1.64. The summed E-state index contributed by atoms with van der Waals surface area (Å²) in [6, 6.07) is 6.11. The number of nitrogens with two attached hydrogens (primary N) is 1. The van der Waals surface area contributed by atoms with E-state index in [0.29, 0.717) is 16.7 Å². The SMILES string of the molecule is CCC1CCC(C(NN)c2ccc(Cl)c(OC)c2)CC1. The lowest BCUT2D eigenvalue weighted by atomic mass is 9.76. The molecule has 0 spiro atoms. The molecule has 1 aliphatic carbocycles. The largest absolute Gasteiger partial charge is 0.495 e. The van der Waals surface area contributed by atoms with Crippen molar-refractivity contribution in [3.63, 3.8) is 0 Å². The molecule has 3 nitrogen and oxygen atoms in total. The number of hydrogen-bond acceptors (Lipinski definition) is 3. The van der Waals surface area contributed by atoms with Gasteiger partial charge in [-0.3, -0.25) is 11.3 Å². The van der Waals surface area contributed by atoms with E-state index >= 15 is 0 Å². The molecule has 4 heteroatoms. The molecule has 0 bridgehead atoms. The summed E-state index contributed by atoms with van der Waals surface area (Å²) in [6.45, 7) is 2.29. The summed E-state index contributed by atoms with van der Waals surface area (Å²) in [4.78, 5) is 0. The van der Waals surface area contributed by atoms with Crippen molar-refractivity contribution in [2.24, 2.45) is 17.7 Å². The van der Waals surface area contributed by atoms with Gasteiger partial charge in [0.2, 0.25) is 0 Å². The third kappa shape index (κ3) is 3.46. The minimum absolute atomic E-state index is 0.180. The Bertz CT molecular complexity index is 430. The van der Waals surface area contributed by atoms with Gasteiger partial charge in [0.15, 0.2) is 0 Å². The second-order valence-corrected chi connectivity index (χ2v) is 6.13. The van der Waals surface area contributed by atoms with Crippen LogP contribution in [0.25, 0.3) is 0 Å². The fraction of sp³-hybridized carbons (Fsp3) is 0.625. The van der Waals surface area contributed by atoms with Gasteiger partial charge >= 0.3 is 0 Å². The van der Waals surface area contributed by atoms with Gasteiger partial charge in [-0.25, -0.2) is 0 Å². The molecule has 2 rings (SSSR count). The van der Waals surface area contributed by atoms with Crippen LogP contribution in [0.4, 0.5) is 0 Å². The van der Waals surface area contributed by atoms with E-state index in [4.69, 9.17) is 22.2 Å². The molecule has 1 unspecified atom stereocenters. The van der Waals surface area contributed by atoms with Crippen molar-refractivity contribution in [2.45, 2.75) is 45.1 Å². The van der Waals surface area contributed by atoms with Gasteiger partial charge in [0.1, 0.15) is 5.75 Å². The number of ether oxygens (including phenoxy) is 1. The average Bonchev–Trinajstić information content (AvgIpc) is 2.50. The van der Waals surface area contributed by atoms with Gasteiger partial charge < -0.3 is 4.74 Å². The molecule has 0 saturated heterocycles. The van der Waals surface area contributed by atoms with Crippen molar-refractivity contribution in [1.82, 2.24) is 5.43 Å². The highest BCUT2D eigenvalue weighted by molar-refractivity contribution is 6.32. The number of hydrazine groups is 1. The Balaban J connectivity index is 2.12. The molecule has 1 saturated carbocycles. The zero-order valence-electron chi connectivity index (χ0n) is 12.4. The Morgan fingerprint density at radius 3 is 2.60 bits per heavy atom. The van der Waals surface area contributed by atoms with E-state index in [1.807, 2.05) is 18.2 Å². The molecular weight excluding hydrogens is 272 g/mol. The van der Waals surface area contributed by atoms with E-state index in [0.717, 1.165) is 11.5 Å². The van der Waals surface area contributed by atoms with Crippen LogP contribution in [0.15, 0.2) is 18.2 Å². The van der Waals surface area contributed by atoms with E-state index in [1.54, 1.807) is 7.11 Å². The summed E-state index contributed by atoms with van der Waals surface area (Å²) < 4.78 is 5.30. The first kappa shape index (κ1) is 15.6. The molecule has 1 fully saturated rings. The summed E-state index contributed by atoms with van der Waals surface area (Å²) in [5, 5.41) is 0.640. The average molecular weight is 297 g/mol. The topological polar surface area (TPSA) is 47.3 Å². The summed E-state index contributed by atoms with van der Waals surface area (Å²) in [5.74, 6) is 8.01. The first-order valence-electron chi connectivity index (χ1n) is 7.49. The Morgan fingerprint density at radius 1 is 1.35 bits per heavy atom. The lowest BCUT2D eigenvalue weighted by molar-refractivity contribution is 0.219. The van der Waals surface area contributed by atoms with Gasteiger partial charge in [0.25, 0.3) is 0 Å². The van der Waals surface area contributed by atoms with Crippen molar-refractivity contribution in [2.75, 3.05) is 7.11 Å². The quantitative estimate of drug-likeness (QED) is 0.636. The predicted octanol–water partition coefficient (Wildman–Crippen LogP) is 4.07. The van der Waals surface area contributed by atoms with Crippen LogP contribution in [0.2, 0.25) is 5.02 Å². The molecule has 0 amide bonds. The molecule has 1 atom stereocenters. The maximum absolute atomic E-state index is 6.09. The lowest BCUT2D eigenvalue weighted by Gasteiger charge is -2.33. The third-order valence-electron chi connectivity index (χ3n) is 4.65. The highest BCUT2D eigenvalue weighted by Crippen LogP contribution is 2.39. The molecule has 1 aliphatic rings. The molecule has 0 aromatic heterocycles. The van der Waals surface area contributed by atoms with E-state index in [9.17, 15) is 0 Å². The number of nitrogens with one attached hydrogen (secondary N) is 1. The summed E-state index contributed by atoms with van der Waals surface area (Å²) in [5.41, 5.74) is 4.15. The van der Waals surface area contributed by atoms with Gasteiger partial charge in [-0.05, 0) is 42.4 Å². The molecule has 20 heavy (non-hydrogen) atoms. The van der Waals surface area contributed by atoms with Gasteiger partial charge in [0.05, 0.1) is 12.1 Å². The fourth-order valence-corrected chi connectivity index (χ4v) is 3.50. The molecule has 1 aromatic carbocycles. The van der Waals surface area contributed by atoms with Crippen LogP contribution in [0.1, 0.15) is 50.6 Å². The van der Waals surface area contributed by atoms with Gasteiger partial charge in [0, 0.05) is 6.04 Å². The Hall–Kier alpha value is -0.770. The van der Waals surface area contributed by atoms with E-state index in [-0.39, 0.29) is 6.04 Å². The number of hydrogen-bond donors (Lipinski definition) is 2. The molecule has 112 valence electrons. The Labute approximate surface area is 126 Å². The molecule has 0 heterocycles. The highest BCUT2D eigenvalue weighted by Gasteiger charge is 2.27. The second-order valence-electron chi connectivity index (χ2n) is 5.73. The Kier molecular flexibility index (Phi) is 5.70. The van der Waals surface area contributed by atoms with Crippen molar-refractivity contribution >= 4 is 11.6 Å². The van der Waals surface area contributed by atoms with Crippen LogP contribution in [-0.4, -0.2) is 7.11 Å². The number of benzene rings is 1. The van der Waals surface area contributed by atoms with Crippen molar-refractivity contribution in [3.05, 3.63) is 28.8 Å². The summed E-state index contributed by atoms with van der Waals surface area (Å²) in [6.07, 6.45) is 6.38. The highest BCUT2D eigenvalue weighted by atomic mass is 35.5. The molecule has 0 radical (unpaired) electrons. The van der Waals surface area contributed by atoms with Crippen LogP contribution in [-0.2, 0) is 0 Å². The van der Waals surface area contributed by atoms with Crippen molar-refractivity contribution in [3.8, 4) is 5.75 Å². The van der Waals surface area contributed by atoms with Crippen LogP contribution < -0.4 is 16.0 Å². The predicted molar refractivity (Wildman–Crippen MR) is 83.8 cm³/mol. The molecular formula is C16H25ClN2O. The second kappa shape index (κ2) is 7.30. The standard InChI is InChI=1S/C16H25ClN2O/c1-3-11-4-6-12(7-5-11)16(19-18)13-8-9-14(17)15(10-13)20-2/h8-12,16,19H,3-7,18H2,1-2H3. The number of methoxy groups -OCH3 is 1. The molecule has 3 N–H and O–H groups in total. The third-order valence-corrected chi connectivity index (χ3v) is 4.97. The van der Waals surface area contributed by atoms with Gasteiger partial charge in [-0.15, -0.1) is 0 Å². The van der Waals surface area contributed by atoms with E-state index in [1.165, 1.54) is 32.1 Å². The van der Waals surface area contributed by atoms with Crippen LogP contribution in [0.3, 0.4) is 0 Å². The zero-order chi connectivity index (χ0) is 14.5. The fourth-order valence-electron chi connectivity index (χ4n) is 3.30. The van der Waals surface area contributed by atoms with Gasteiger partial charge in [-0.1, -0.05) is 43.9 Å². The monoisotopic (exact) mass is 296 g/mol. The first-order chi connectivity index (χ1) is 9.69. The minimum Gasteiger partial charge on any atom is -0.495 e. The number of halogens is 1. The Morgan fingerprint density at radius 2 is 2.05 bits per heavy atom. The number of rotatable bonds is 5. The zero-order valence-corrected chi connectivity index (χ0v) is 13.1. The van der Waals surface area contributed by atoms with Crippen LogP contribution in [0, 0.1) is 11.8 Å². The molecule has 0 aliphatic heterocycles. The normalized spacial score (nSPS) is 24.4. The maximum atomic E-state index is 6.09. The van der Waals surface area contributed by atoms with Crippen molar-refractivity contribution in [1.29, 1.82) is 0 Å². The summed E-state index contributed by atoms with van der Waals surface area (Å²) >= 11 is 6.09. The van der Waals surface area contributed by atoms with E-state index in [2.05, 4.69) is 12.3 Å².